The van der Waals surface area contributed by atoms with Crippen LogP contribution in [0.3, 0.4) is 0 Å². The van der Waals surface area contributed by atoms with Crippen LogP contribution in [-0.2, 0) is 0 Å². The Bertz CT molecular complexity index is 68.6. The van der Waals surface area contributed by atoms with Gasteiger partial charge in [0.2, 0.25) is 0 Å². The van der Waals surface area contributed by atoms with Gasteiger partial charge in [-0.05, 0) is 25.7 Å². The zero-order valence-corrected chi connectivity index (χ0v) is 5.47. The van der Waals surface area contributed by atoms with E-state index in [1.807, 2.05) is 0 Å². The van der Waals surface area contributed by atoms with Gasteiger partial charge < -0.3 is 0 Å². The first kappa shape index (κ1) is 5.71. The third-order valence-electron chi connectivity index (χ3n) is 1.17. The summed E-state index contributed by atoms with van der Waals surface area (Å²) in [5.41, 5.74) is 0. The Labute approximate surface area is 53.8 Å². The summed E-state index contributed by atoms with van der Waals surface area (Å²) in [5.74, 6) is 0.468. The van der Waals surface area contributed by atoms with E-state index in [0.717, 1.165) is 12.8 Å². The largest absolute Gasteiger partial charge is 0.121 e. The van der Waals surface area contributed by atoms with E-state index in [1.54, 1.807) is 0 Å². The maximum Gasteiger partial charge on any atom is 0.121 e. The van der Waals surface area contributed by atoms with Gasteiger partial charge in [-0.2, -0.15) is 0 Å². The second kappa shape index (κ2) is 1.53. The lowest BCUT2D eigenvalue weighted by molar-refractivity contribution is 0.803. The zero-order valence-electron chi connectivity index (χ0n) is 3.95. The molecule has 0 nitrogen and oxygen atoms in total. The van der Waals surface area contributed by atoms with Crippen LogP contribution in [0, 0.1) is 12.8 Å². The molecule has 0 bridgehead atoms. The molecule has 1 fully saturated rings. The first-order chi connectivity index (χ1) is 3.11. The van der Waals surface area contributed by atoms with Gasteiger partial charge in [0.15, 0.2) is 0 Å². The van der Waals surface area contributed by atoms with Gasteiger partial charge in [-0.3, -0.25) is 0 Å². The summed E-state index contributed by atoms with van der Waals surface area (Å²) in [7, 11) is 0. The maximum absolute atomic E-state index is 5.58. The summed E-state index contributed by atoms with van der Waals surface area (Å²) in [6.45, 7) is 3.56. The molecule has 41 valence electrons. The topological polar surface area (TPSA) is 0 Å². The normalized spacial score (nSPS) is 22.7. The molecule has 1 aliphatic rings. The number of hydrogen-bond donors (Lipinski definition) is 0. The molecule has 0 saturated heterocycles. The van der Waals surface area contributed by atoms with Crippen LogP contribution >= 0.6 is 23.2 Å². The highest BCUT2D eigenvalue weighted by Gasteiger charge is 2.38. The van der Waals surface area contributed by atoms with Crippen molar-refractivity contribution in [2.45, 2.75) is 17.2 Å². The molecule has 2 heteroatoms. The highest BCUT2D eigenvalue weighted by molar-refractivity contribution is 6.49. The zero-order chi connectivity index (χ0) is 5.49. The van der Waals surface area contributed by atoms with Crippen molar-refractivity contribution in [2.75, 3.05) is 0 Å². The summed E-state index contributed by atoms with van der Waals surface area (Å²) >= 11 is 11.2. The molecular weight excluding hydrogens is 131 g/mol. The summed E-state index contributed by atoms with van der Waals surface area (Å²) < 4.78 is -0.694. The first-order valence-corrected chi connectivity index (χ1v) is 3.09. The summed E-state index contributed by atoms with van der Waals surface area (Å²) in [4.78, 5) is 0. The molecule has 0 aromatic carbocycles. The second-order valence-corrected chi connectivity index (χ2v) is 3.58. The van der Waals surface area contributed by atoms with E-state index in [-0.39, 0.29) is 0 Å². The van der Waals surface area contributed by atoms with Gasteiger partial charge >= 0.3 is 0 Å². The van der Waals surface area contributed by atoms with E-state index < -0.39 is 4.33 Å². The van der Waals surface area contributed by atoms with E-state index in [9.17, 15) is 0 Å². The van der Waals surface area contributed by atoms with Gasteiger partial charge in [0.1, 0.15) is 4.33 Å². The molecular formula is C5H7Cl2. The summed E-state index contributed by atoms with van der Waals surface area (Å²) in [6, 6.07) is 0. The van der Waals surface area contributed by atoms with Crippen molar-refractivity contribution < 1.29 is 0 Å². The molecule has 0 spiro atoms. The van der Waals surface area contributed by atoms with E-state index in [2.05, 4.69) is 6.92 Å². The van der Waals surface area contributed by atoms with E-state index in [4.69, 9.17) is 23.2 Å². The predicted molar refractivity (Wildman–Crippen MR) is 32.5 cm³/mol. The highest BCUT2D eigenvalue weighted by Crippen LogP contribution is 2.45. The molecule has 0 aromatic heterocycles. The van der Waals surface area contributed by atoms with Crippen molar-refractivity contribution in [3.63, 3.8) is 0 Å². The maximum atomic E-state index is 5.58. The lowest BCUT2D eigenvalue weighted by Crippen LogP contribution is -2.08. The minimum atomic E-state index is -0.694. The van der Waals surface area contributed by atoms with Gasteiger partial charge in [-0.1, -0.05) is 0 Å². The lowest BCUT2D eigenvalue weighted by Gasteiger charge is -2.08. The molecule has 0 heterocycles. The highest BCUT2D eigenvalue weighted by atomic mass is 35.5. The van der Waals surface area contributed by atoms with E-state index in [1.165, 1.54) is 0 Å². The molecule has 1 aliphatic carbocycles. The monoisotopic (exact) mass is 137 g/mol. The Kier molecular flexibility index (Phi) is 1.25. The van der Waals surface area contributed by atoms with Crippen molar-refractivity contribution >= 4 is 23.2 Å². The molecule has 0 aromatic rings. The van der Waals surface area contributed by atoms with Crippen LogP contribution < -0.4 is 0 Å². The van der Waals surface area contributed by atoms with Crippen LogP contribution in [0.15, 0.2) is 0 Å². The summed E-state index contributed by atoms with van der Waals surface area (Å²) in [5, 5.41) is 0. The average Bonchev–Trinajstić information content (AvgIpc) is 1.99. The number of alkyl halides is 2. The van der Waals surface area contributed by atoms with Gasteiger partial charge in [-0.15, -0.1) is 23.2 Å². The van der Waals surface area contributed by atoms with Crippen LogP contribution in [0.5, 0.6) is 0 Å². The Morgan fingerprint density at radius 2 is 1.86 bits per heavy atom. The standard InChI is InChI=1S/C5H7Cl2/c1-5(6,7)4-2-3-4/h4H,1-3H2. The molecule has 1 saturated carbocycles. The van der Waals surface area contributed by atoms with Crippen molar-refractivity contribution in [2.24, 2.45) is 5.92 Å². The van der Waals surface area contributed by atoms with Gasteiger partial charge in [0.05, 0.1) is 0 Å². The van der Waals surface area contributed by atoms with Gasteiger partial charge in [0, 0.05) is 0 Å². The Morgan fingerprint density at radius 3 is 1.86 bits per heavy atom. The van der Waals surface area contributed by atoms with Crippen LogP contribution in [0.4, 0.5) is 0 Å². The van der Waals surface area contributed by atoms with Crippen molar-refractivity contribution in [1.29, 1.82) is 0 Å². The molecule has 0 amide bonds. The molecule has 0 N–H and O–H groups in total. The van der Waals surface area contributed by atoms with Crippen LogP contribution in [0.1, 0.15) is 12.8 Å². The predicted octanol–water partition coefficient (Wildman–Crippen LogP) is 2.40. The fourth-order valence-corrected chi connectivity index (χ4v) is 0.942. The van der Waals surface area contributed by atoms with Crippen molar-refractivity contribution in [3.05, 3.63) is 6.92 Å². The van der Waals surface area contributed by atoms with Crippen LogP contribution in [0.25, 0.3) is 0 Å². The van der Waals surface area contributed by atoms with Crippen molar-refractivity contribution in [1.82, 2.24) is 0 Å². The lowest BCUT2D eigenvalue weighted by atomic mass is 10.3. The van der Waals surface area contributed by atoms with E-state index in [0.29, 0.717) is 5.92 Å². The van der Waals surface area contributed by atoms with Gasteiger partial charge in [-0.25, -0.2) is 0 Å². The Hall–Kier alpha value is 0.580. The molecule has 7 heavy (non-hydrogen) atoms. The quantitative estimate of drug-likeness (QED) is 0.488. The molecule has 0 aliphatic heterocycles. The average molecular weight is 138 g/mol. The second-order valence-electron chi connectivity index (χ2n) is 2.04. The minimum absolute atomic E-state index is 0.468. The first-order valence-electron chi connectivity index (χ1n) is 2.34. The number of halogens is 2. The van der Waals surface area contributed by atoms with Crippen LogP contribution in [0.2, 0.25) is 0 Å². The number of rotatable bonds is 1. The van der Waals surface area contributed by atoms with Gasteiger partial charge in [0.25, 0.3) is 0 Å². The van der Waals surface area contributed by atoms with Crippen LogP contribution in [-0.4, -0.2) is 4.33 Å². The molecule has 0 unspecified atom stereocenters. The smallest absolute Gasteiger partial charge is 0.101 e. The Balaban J connectivity index is 2.36. The third kappa shape index (κ3) is 1.50. The summed E-state index contributed by atoms with van der Waals surface area (Å²) in [6.07, 6.45) is 2.30. The Morgan fingerprint density at radius 1 is 1.43 bits per heavy atom. The fourth-order valence-electron chi connectivity index (χ4n) is 0.506. The minimum Gasteiger partial charge on any atom is -0.101 e. The SMILES string of the molecule is [CH2]C(Cl)(Cl)C1CC1. The fraction of sp³-hybridized carbons (Fsp3) is 0.800. The molecule has 0 atom stereocenters. The van der Waals surface area contributed by atoms with E-state index >= 15 is 0 Å². The molecule has 1 rings (SSSR count). The molecule has 1 radical (unpaired) electrons. The van der Waals surface area contributed by atoms with Crippen molar-refractivity contribution in [3.8, 4) is 0 Å². The third-order valence-corrected chi connectivity index (χ3v) is 1.79. The number of hydrogen-bond acceptors (Lipinski definition) is 0.